The number of carbonyl (C=O) groups is 1. The second kappa shape index (κ2) is 7.11. The van der Waals surface area contributed by atoms with Crippen LogP contribution in [0.2, 0.25) is 0 Å². The minimum atomic E-state index is -4.84. The number of anilines is 1. The number of aromatic nitrogens is 3. The van der Waals surface area contributed by atoms with Crippen molar-refractivity contribution in [2.45, 2.75) is 6.36 Å². The lowest BCUT2D eigenvalue weighted by atomic mass is 10.1. The first kappa shape index (κ1) is 19.6. The van der Waals surface area contributed by atoms with Crippen LogP contribution in [-0.4, -0.2) is 47.3 Å². The lowest BCUT2D eigenvalue weighted by Gasteiger charge is -2.13. The van der Waals surface area contributed by atoms with Gasteiger partial charge in [0.15, 0.2) is 15.5 Å². The Balaban J connectivity index is 1.91. The highest BCUT2D eigenvalue weighted by molar-refractivity contribution is 7.91. The van der Waals surface area contributed by atoms with Gasteiger partial charge in [-0.25, -0.2) is 12.9 Å². The largest absolute Gasteiger partial charge is 0.573 e. The summed E-state index contributed by atoms with van der Waals surface area (Å²) in [6.45, 7) is 0. The van der Waals surface area contributed by atoms with Gasteiger partial charge in [0.05, 0.1) is 0 Å². The topological polar surface area (TPSA) is 103 Å². The smallest absolute Gasteiger partial charge is 0.405 e. The number of alkyl halides is 3. The molecule has 2 heterocycles. The minimum Gasteiger partial charge on any atom is -0.405 e. The lowest BCUT2D eigenvalue weighted by Crippen LogP contribution is -2.22. The first-order chi connectivity index (χ1) is 13.0. The predicted octanol–water partition coefficient (Wildman–Crippen LogP) is 2.28. The van der Waals surface area contributed by atoms with Crippen LogP contribution < -0.4 is 10.1 Å². The Hall–Kier alpha value is -3.15. The van der Waals surface area contributed by atoms with Crippen LogP contribution in [0.1, 0.15) is 0 Å². The number of pyridine rings is 1. The fourth-order valence-electron chi connectivity index (χ4n) is 2.41. The highest BCUT2D eigenvalue weighted by Gasteiger charge is 2.32. The summed E-state index contributed by atoms with van der Waals surface area (Å²) in [5.74, 6) is -2.04. The van der Waals surface area contributed by atoms with E-state index < -0.39 is 27.9 Å². The van der Waals surface area contributed by atoms with Crippen molar-refractivity contribution in [2.75, 3.05) is 17.3 Å². The van der Waals surface area contributed by atoms with Crippen LogP contribution in [0.15, 0.2) is 42.6 Å². The van der Waals surface area contributed by atoms with Crippen LogP contribution in [0.25, 0.3) is 16.8 Å². The number of halogens is 3. The van der Waals surface area contributed by atoms with Gasteiger partial charge in [0, 0.05) is 23.6 Å². The molecule has 1 N–H and O–H groups in total. The van der Waals surface area contributed by atoms with Gasteiger partial charge in [0.1, 0.15) is 11.5 Å². The van der Waals surface area contributed by atoms with Crippen LogP contribution in [-0.2, 0) is 14.6 Å². The number of amides is 1. The molecule has 0 spiro atoms. The predicted molar refractivity (Wildman–Crippen MR) is 93.4 cm³/mol. The number of hydrogen-bond donors (Lipinski definition) is 1. The summed E-state index contributed by atoms with van der Waals surface area (Å²) in [5.41, 5.74) is 0.846. The number of para-hydroxylation sites is 1. The number of hydrogen-bond acceptors (Lipinski definition) is 6. The molecule has 8 nitrogen and oxygen atoms in total. The van der Waals surface area contributed by atoms with Gasteiger partial charge in [0.2, 0.25) is 11.9 Å². The van der Waals surface area contributed by atoms with Gasteiger partial charge >= 0.3 is 6.36 Å². The zero-order chi connectivity index (χ0) is 20.5. The summed E-state index contributed by atoms with van der Waals surface area (Å²) < 4.78 is 65.4. The van der Waals surface area contributed by atoms with E-state index in [9.17, 15) is 26.4 Å². The second-order valence-corrected chi connectivity index (χ2v) is 7.96. The fourth-order valence-corrected chi connectivity index (χ4v) is 2.96. The van der Waals surface area contributed by atoms with Crippen molar-refractivity contribution in [3.05, 3.63) is 42.6 Å². The average Bonchev–Trinajstić information content (AvgIpc) is 2.93. The molecule has 3 aromatic rings. The molecule has 1 aromatic carbocycles. The summed E-state index contributed by atoms with van der Waals surface area (Å²) in [6.07, 6.45) is -2.52. The molecule has 1 amide bonds. The first-order valence-corrected chi connectivity index (χ1v) is 9.75. The molecule has 0 fully saturated rings. The summed E-state index contributed by atoms with van der Waals surface area (Å²) in [6, 6.07) is 8.61. The Morgan fingerprint density at radius 3 is 2.61 bits per heavy atom. The van der Waals surface area contributed by atoms with Crippen LogP contribution in [0.3, 0.4) is 0 Å². The molecular weight excluding hydrogens is 401 g/mol. The van der Waals surface area contributed by atoms with Crippen LogP contribution in [0, 0.1) is 0 Å². The quantitative estimate of drug-likeness (QED) is 0.687. The second-order valence-electron chi connectivity index (χ2n) is 5.82. The van der Waals surface area contributed by atoms with Gasteiger partial charge < -0.3 is 4.74 Å². The van der Waals surface area contributed by atoms with Gasteiger partial charge in [-0.1, -0.05) is 18.2 Å². The summed E-state index contributed by atoms with van der Waals surface area (Å²) >= 11 is 0. The van der Waals surface area contributed by atoms with Crippen molar-refractivity contribution < 1.29 is 31.1 Å². The Morgan fingerprint density at radius 1 is 1.21 bits per heavy atom. The summed E-state index contributed by atoms with van der Waals surface area (Å²) in [4.78, 5) is 15.7. The molecule has 0 aliphatic heterocycles. The third-order valence-electron chi connectivity index (χ3n) is 3.40. The SMILES string of the molecule is CS(=O)(=O)CC(=O)Nc1nc2ccc(-c3ccccc3OC(F)(F)F)cn2n1. The molecule has 0 saturated carbocycles. The monoisotopic (exact) mass is 414 g/mol. The molecule has 2 aromatic heterocycles. The maximum absolute atomic E-state index is 12.6. The van der Waals surface area contributed by atoms with Gasteiger partial charge in [0.25, 0.3) is 0 Å². The molecule has 0 aliphatic rings. The summed E-state index contributed by atoms with van der Waals surface area (Å²) in [7, 11) is -3.52. The number of rotatable bonds is 5. The van der Waals surface area contributed by atoms with Crippen LogP contribution in [0.5, 0.6) is 5.75 Å². The molecule has 0 radical (unpaired) electrons. The number of ether oxygens (including phenoxy) is 1. The minimum absolute atomic E-state index is 0.134. The highest BCUT2D eigenvalue weighted by Crippen LogP contribution is 2.33. The Bertz CT molecular complexity index is 1140. The molecule has 0 unspecified atom stereocenters. The highest BCUT2D eigenvalue weighted by atomic mass is 32.2. The third-order valence-corrected chi connectivity index (χ3v) is 4.19. The Kier molecular flexibility index (Phi) is 4.98. The van der Waals surface area contributed by atoms with E-state index in [2.05, 4.69) is 20.1 Å². The van der Waals surface area contributed by atoms with Crippen molar-refractivity contribution in [3.63, 3.8) is 0 Å². The van der Waals surface area contributed by atoms with E-state index in [0.29, 0.717) is 11.2 Å². The molecular formula is C16H13F3N4O4S. The number of benzene rings is 1. The van der Waals surface area contributed by atoms with Gasteiger partial charge in [-0.2, -0.15) is 4.98 Å². The lowest BCUT2D eigenvalue weighted by molar-refractivity contribution is -0.274. The molecule has 0 atom stereocenters. The molecule has 3 rings (SSSR count). The molecule has 12 heteroatoms. The van der Waals surface area contributed by atoms with Gasteiger partial charge in [-0.3, -0.25) is 10.1 Å². The molecule has 0 bridgehead atoms. The standard InChI is InChI=1S/C16H13F3N4O4S/c1-28(25,26)9-14(24)21-15-20-13-7-6-10(8-23(13)22-15)11-4-2-3-5-12(11)27-16(17,18)19/h2-8H,9H2,1H3,(H,21,22,24). The molecule has 0 saturated heterocycles. The van der Waals surface area contributed by atoms with Crippen molar-refractivity contribution >= 4 is 27.3 Å². The number of nitrogens with one attached hydrogen (secondary N) is 1. The Morgan fingerprint density at radius 2 is 1.93 bits per heavy atom. The van der Waals surface area contributed by atoms with Crippen LogP contribution >= 0.6 is 0 Å². The summed E-state index contributed by atoms with van der Waals surface area (Å²) in [5, 5.41) is 6.24. The van der Waals surface area contributed by atoms with Gasteiger partial charge in [-0.05, 0) is 18.2 Å². The van der Waals surface area contributed by atoms with E-state index in [1.54, 1.807) is 6.07 Å². The normalized spacial score (nSPS) is 12.1. The number of fused-ring (bicyclic) bond motifs is 1. The fraction of sp³-hybridized carbons (Fsp3) is 0.188. The van der Waals surface area contributed by atoms with Crippen LogP contribution in [0.4, 0.5) is 19.1 Å². The van der Waals surface area contributed by atoms with Crippen molar-refractivity contribution in [1.29, 1.82) is 0 Å². The van der Waals surface area contributed by atoms with E-state index in [1.807, 2.05) is 0 Å². The van der Waals surface area contributed by atoms with E-state index in [0.717, 1.165) is 6.26 Å². The average molecular weight is 414 g/mol. The number of nitrogens with zero attached hydrogens (tertiary/aromatic N) is 3. The van der Waals surface area contributed by atoms with E-state index in [-0.39, 0.29) is 17.3 Å². The van der Waals surface area contributed by atoms with Crippen molar-refractivity contribution in [1.82, 2.24) is 14.6 Å². The number of carbonyl (C=O) groups excluding carboxylic acids is 1. The van der Waals surface area contributed by atoms with E-state index in [1.165, 1.54) is 41.0 Å². The first-order valence-electron chi connectivity index (χ1n) is 7.69. The van der Waals surface area contributed by atoms with Crippen molar-refractivity contribution in [3.8, 4) is 16.9 Å². The zero-order valence-corrected chi connectivity index (χ0v) is 15.1. The van der Waals surface area contributed by atoms with E-state index >= 15 is 0 Å². The number of sulfone groups is 1. The zero-order valence-electron chi connectivity index (χ0n) is 14.3. The maximum atomic E-state index is 12.6. The molecule has 0 aliphatic carbocycles. The van der Waals surface area contributed by atoms with Crippen molar-refractivity contribution in [2.24, 2.45) is 0 Å². The van der Waals surface area contributed by atoms with E-state index in [4.69, 9.17) is 0 Å². The van der Waals surface area contributed by atoms with Gasteiger partial charge in [-0.15, -0.1) is 18.3 Å². The molecule has 28 heavy (non-hydrogen) atoms. The molecule has 148 valence electrons. The maximum Gasteiger partial charge on any atom is 0.573 e. The third kappa shape index (κ3) is 4.97. The Labute approximate surface area is 156 Å².